The highest BCUT2D eigenvalue weighted by molar-refractivity contribution is 5.70. The molecular weight excluding hydrogens is 287 g/mol. The molecule has 2 heterocycles. The number of rotatable bonds is 2. The third-order valence-corrected chi connectivity index (χ3v) is 2.93. The van der Waals surface area contributed by atoms with Gasteiger partial charge in [0.05, 0.1) is 12.9 Å². The molecule has 0 bridgehead atoms. The lowest BCUT2D eigenvalue weighted by Crippen LogP contribution is -2.13. The number of nitrogens with two attached hydrogens (primary N) is 1. The molecule has 0 saturated carbocycles. The van der Waals surface area contributed by atoms with E-state index in [0.717, 1.165) is 0 Å². The van der Waals surface area contributed by atoms with E-state index in [1.165, 1.54) is 10.9 Å². The van der Waals surface area contributed by atoms with Gasteiger partial charge in [0.15, 0.2) is 11.2 Å². The topological polar surface area (TPSA) is 89.6 Å². The van der Waals surface area contributed by atoms with Crippen LogP contribution in [0.1, 0.15) is 5.56 Å². The number of H-pyrrole nitrogens is 1. The summed E-state index contributed by atoms with van der Waals surface area (Å²) < 4.78 is 41.4. The van der Waals surface area contributed by atoms with Crippen LogP contribution in [0.2, 0.25) is 0 Å². The molecule has 3 rings (SSSR count). The first-order valence-electron chi connectivity index (χ1n) is 5.80. The smallest absolute Gasteiger partial charge is 0.280 e. The second-order valence-corrected chi connectivity index (χ2v) is 4.34. The van der Waals surface area contributed by atoms with Gasteiger partial charge in [0.25, 0.3) is 5.56 Å². The summed E-state index contributed by atoms with van der Waals surface area (Å²) in [5, 5.41) is 0. The van der Waals surface area contributed by atoms with Crippen molar-refractivity contribution in [1.29, 1.82) is 0 Å². The lowest BCUT2D eigenvalue weighted by atomic mass is 10.2. The van der Waals surface area contributed by atoms with Crippen molar-refractivity contribution in [1.82, 2.24) is 19.5 Å². The fraction of sp³-hybridized carbons (Fsp3) is 0.0833. The molecule has 0 aliphatic heterocycles. The molecule has 2 aromatic heterocycles. The number of imidazole rings is 1. The molecule has 6 nitrogen and oxygen atoms in total. The van der Waals surface area contributed by atoms with E-state index in [1.807, 2.05) is 0 Å². The van der Waals surface area contributed by atoms with Gasteiger partial charge in [-0.2, -0.15) is 4.98 Å². The van der Waals surface area contributed by atoms with Gasteiger partial charge in [-0.1, -0.05) is 0 Å². The SMILES string of the molecule is Nc1nc2c(ncn2Cc2c(F)cc(F)cc2F)c(=O)[nH]1. The highest BCUT2D eigenvalue weighted by Gasteiger charge is 2.15. The molecule has 0 unspecified atom stereocenters. The summed E-state index contributed by atoms with van der Waals surface area (Å²) in [7, 11) is 0. The third-order valence-electron chi connectivity index (χ3n) is 2.93. The summed E-state index contributed by atoms with van der Waals surface area (Å²) in [4.78, 5) is 21.5. The van der Waals surface area contributed by atoms with Crippen LogP contribution in [0.25, 0.3) is 11.2 Å². The predicted octanol–water partition coefficient (Wildman–Crippen LogP) is 1.17. The molecule has 21 heavy (non-hydrogen) atoms. The third kappa shape index (κ3) is 2.22. The molecule has 108 valence electrons. The number of nitrogens with one attached hydrogen (secondary N) is 1. The maximum atomic E-state index is 13.6. The standard InChI is InChI=1S/C12H8F3N5O/c13-5-1-7(14)6(8(15)2-5)3-20-4-17-9-10(20)18-12(16)19-11(9)21/h1-2,4H,3H2,(H3,16,18,19,21). The van der Waals surface area contributed by atoms with Crippen molar-refractivity contribution >= 4 is 17.1 Å². The molecule has 0 amide bonds. The maximum absolute atomic E-state index is 13.6. The van der Waals surface area contributed by atoms with Crippen LogP contribution in [0.5, 0.6) is 0 Å². The summed E-state index contributed by atoms with van der Waals surface area (Å²) in [6.07, 6.45) is 1.20. The average Bonchev–Trinajstić information content (AvgIpc) is 2.77. The van der Waals surface area contributed by atoms with Gasteiger partial charge < -0.3 is 10.3 Å². The number of benzene rings is 1. The van der Waals surface area contributed by atoms with Gasteiger partial charge in [-0.3, -0.25) is 9.78 Å². The van der Waals surface area contributed by atoms with E-state index in [1.54, 1.807) is 0 Å². The first kappa shape index (κ1) is 13.2. The number of halogens is 3. The van der Waals surface area contributed by atoms with Gasteiger partial charge in [0, 0.05) is 17.7 Å². The molecule has 0 aliphatic rings. The van der Waals surface area contributed by atoms with E-state index >= 15 is 0 Å². The summed E-state index contributed by atoms with van der Waals surface area (Å²) in [5.74, 6) is -3.23. The van der Waals surface area contributed by atoms with Gasteiger partial charge in [-0.15, -0.1) is 0 Å². The van der Waals surface area contributed by atoms with Crippen molar-refractivity contribution in [3.8, 4) is 0 Å². The Bertz CT molecular complexity index is 879. The first-order valence-corrected chi connectivity index (χ1v) is 5.80. The van der Waals surface area contributed by atoms with E-state index in [9.17, 15) is 18.0 Å². The van der Waals surface area contributed by atoms with Crippen LogP contribution in [0.4, 0.5) is 19.1 Å². The van der Waals surface area contributed by atoms with Gasteiger partial charge in [0.1, 0.15) is 17.5 Å². The number of hydrogen-bond donors (Lipinski definition) is 2. The van der Waals surface area contributed by atoms with Crippen LogP contribution in [0.15, 0.2) is 23.3 Å². The minimum absolute atomic E-state index is 0.00729. The fourth-order valence-corrected chi connectivity index (χ4v) is 1.98. The Balaban J connectivity index is 2.13. The summed E-state index contributed by atoms with van der Waals surface area (Å²) in [5.41, 5.74) is 4.57. The predicted molar refractivity (Wildman–Crippen MR) is 68.0 cm³/mol. The summed E-state index contributed by atoms with van der Waals surface area (Å²) >= 11 is 0. The van der Waals surface area contributed by atoms with E-state index < -0.39 is 23.0 Å². The maximum Gasteiger partial charge on any atom is 0.280 e. The van der Waals surface area contributed by atoms with Crippen molar-refractivity contribution in [2.45, 2.75) is 6.54 Å². The zero-order chi connectivity index (χ0) is 15.1. The van der Waals surface area contributed by atoms with Crippen molar-refractivity contribution < 1.29 is 13.2 Å². The normalized spacial score (nSPS) is 11.2. The van der Waals surface area contributed by atoms with E-state index in [4.69, 9.17) is 5.73 Å². The molecule has 0 fully saturated rings. The summed E-state index contributed by atoms with van der Waals surface area (Å²) in [6.45, 7) is -0.301. The number of aromatic amines is 1. The van der Waals surface area contributed by atoms with Crippen LogP contribution in [0.3, 0.4) is 0 Å². The van der Waals surface area contributed by atoms with Crippen molar-refractivity contribution in [3.05, 3.63) is 51.8 Å². The summed E-state index contributed by atoms with van der Waals surface area (Å²) in [6, 6.07) is 1.15. The molecular formula is C12H8F3N5O. The van der Waals surface area contributed by atoms with Gasteiger partial charge >= 0.3 is 0 Å². The quantitative estimate of drug-likeness (QED) is 0.742. The zero-order valence-electron chi connectivity index (χ0n) is 10.4. The number of fused-ring (bicyclic) bond motifs is 1. The molecule has 0 aliphatic carbocycles. The monoisotopic (exact) mass is 295 g/mol. The van der Waals surface area contributed by atoms with Crippen molar-refractivity contribution in [2.75, 3.05) is 5.73 Å². The van der Waals surface area contributed by atoms with E-state index in [-0.39, 0.29) is 29.2 Å². The lowest BCUT2D eigenvalue weighted by Gasteiger charge is -2.07. The Morgan fingerprint density at radius 1 is 1.24 bits per heavy atom. The van der Waals surface area contributed by atoms with E-state index in [2.05, 4.69) is 15.0 Å². The Kier molecular flexibility index (Phi) is 2.89. The van der Waals surface area contributed by atoms with Crippen LogP contribution in [0, 0.1) is 17.5 Å². The Hall–Kier alpha value is -2.84. The number of aromatic nitrogens is 4. The second kappa shape index (κ2) is 4.62. The minimum atomic E-state index is -1.04. The molecule has 0 spiro atoms. The Morgan fingerprint density at radius 2 is 1.90 bits per heavy atom. The minimum Gasteiger partial charge on any atom is -0.369 e. The van der Waals surface area contributed by atoms with Crippen LogP contribution in [-0.2, 0) is 6.54 Å². The molecule has 0 saturated heterocycles. The molecule has 9 heteroatoms. The van der Waals surface area contributed by atoms with Crippen molar-refractivity contribution in [3.63, 3.8) is 0 Å². The highest BCUT2D eigenvalue weighted by Crippen LogP contribution is 2.17. The van der Waals surface area contributed by atoms with Gasteiger partial charge in [-0.25, -0.2) is 18.2 Å². The molecule has 3 N–H and O–H groups in total. The van der Waals surface area contributed by atoms with Gasteiger partial charge in [0.2, 0.25) is 5.95 Å². The zero-order valence-corrected chi connectivity index (χ0v) is 10.4. The number of nitrogens with zero attached hydrogens (tertiary/aromatic N) is 3. The second-order valence-electron chi connectivity index (χ2n) is 4.34. The highest BCUT2D eigenvalue weighted by atomic mass is 19.1. The first-order chi connectivity index (χ1) is 9.95. The molecule has 1 aromatic carbocycles. The number of nitrogen functional groups attached to an aromatic ring is 1. The largest absolute Gasteiger partial charge is 0.369 e. The number of anilines is 1. The van der Waals surface area contributed by atoms with Crippen LogP contribution in [-0.4, -0.2) is 19.5 Å². The van der Waals surface area contributed by atoms with Crippen molar-refractivity contribution in [2.24, 2.45) is 0 Å². The van der Waals surface area contributed by atoms with Crippen LogP contribution < -0.4 is 11.3 Å². The fourth-order valence-electron chi connectivity index (χ4n) is 1.98. The molecule has 0 radical (unpaired) electrons. The Morgan fingerprint density at radius 3 is 2.57 bits per heavy atom. The average molecular weight is 295 g/mol. The number of hydrogen-bond acceptors (Lipinski definition) is 4. The lowest BCUT2D eigenvalue weighted by molar-refractivity contribution is 0.517. The molecule has 3 aromatic rings. The van der Waals surface area contributed by atoms with E-state index in [0.29, 0.717) is 12.1 Å². The Labute approximate surface area is 115 Å². The van der Waals surface area contributed by atoms with Gasteiger partial charge in [-0.05, 0) is 0 Å². The van der Waals surface area contributed by atoms with Crippen LogP contribution >= 0.6 is 0 Å². The molecule has 0 atom stereocenters.